The number of rotatable bonds is 1. The minimum Gasteiger partial charge on any atom is -0.457 e. The van der Waals surface area contributed by atoms with Crippen molar-refractivity contribution in [2.45, 2.75) is 64.8 Å². The Morgan fingerprint density at radius 1 is 0.784 bits per heavy atom. The standard InChI is InChI=1S/C33H34FNO2/c1-32(2,3)20-11-13-28-24(15-20)23-9-7-8-10-27(23)35(28)29-17-21(33(4,5)6)16-26-25-18-22(34)12-14-30(25)36-19-37-31(26)29/h7-9,11-18,27H,10,19H2,1-6H3/t27-/m0/s1. The van der Waals surface area contributed by atoms with Crippen LogP contribution >= 0.6 is 0 Å². The van der Waals surface area contributed by atoms with Gasteiger partial charge in [0.05, 0.1) is 11.7 Å². The highest BCUT2D eigenvalue weighted by Crippen LogP contribution is 2.54. The van der Waals surface area contributed by atoms with Crippen molar-refractivity contribution in [2.24, 2.45) is 0 Å². The number of anilines is 2. The SMILES string of the molecule is CC(C)(C)c1ccc2c(c1)C1=CC=CC[C@@H]1N2c1cc(C(C)(C)C)cc2c1OCOc1ccc(F)cc1-2. The predicted molar refractivity (Wildman–Crippen MR) is 149 cm³/mol. The van der Waals surface area contributed by atoms with Crippen LogP contribution in [-0.2, 0) is 10.8 Å². The molecule has 3 aromatic rings. The molecule has 6 rings (SSSR count). The van der Waals surface area contributed by atoms with Crippen molar-refractivity contribution in [3.05, 3.63) is 89.3 Å². The third kappa shape index (κ3) is 3.94. The van der Waals surface area contributed by atoms with Crippen molar-refractivity contribution in [1.82, 2.24) is 0 Å². The van der Waals surface area contributed by atoms with Gasteiger partial charge in [-0.3, -0.25) is 0 Å². The molecule has 0 N–H and O–H groups in total. The molecule has 0 radical (unpaired) electrons. The van der Waals surface area contributed by atoms with Crippen molar-refractivity contribution in [3.63, 3.8) is 0 Å². The van der Waals surface area contributed by atoms with Gasteiger partial charge in [-0.05, 0) is 76.4 Å². The summed E-state index contributed by atoms with van der Waals surface area (Å²) in [4.78, 5) is 2.43. The molecule has 3 aromatic carbocycles. The van der Waals surface area contributed by atoms with E-state index in [0.717, 1.165) is 29.0 Å². The van der Waals surface area contributed by atoms with E-state index < -0.39 is 0 Å². The van der Waals surface area contributed by atoms with E-state index in [-0.39, 0.29) is 29.5 Å². The Morgan fingerprint density at radius 3 is 2.30 bits per heavy atom. The van der Waals surface area contributed by atoms with Crippen LogP contribution in [0.25, 0.3) is 16.7 Å². The highest BCUT2D eigenvalue weighted by Gasteiger charge is 2.39. The van der Waals surface area contributed by atoms with Crippen LogP contribution < -0.4 is 14.4 Å². The van der Waals surface area contributed by atoms with Gasteiger partial charge >= 0.3 is 0 Å². The van der Waals surface area contributed by atoms with Crippen LogP contribution in [0.2, 0.25) is 0 Å². The molecule has 37 heavy (non-hydrogen) atoms. The second kappa shape index (κ2) is 8.24. The monoisotopic (exact) mass is 495 g/mol. The predicted octanol–water partition coefficient (Wildman–Crippen LogP) is 8.68. The highest BCUT2D eigenvalue weighted by atomic mass is 19.1. The Hall–Kier alpha value is -3.53. The summed E-state index contributed by atoms with van der Waals surface area (Å²) in [6.07, 6.45) is 7.55. The van der Waals surface area contributed by atoms with E-state index >= 15 is 0 Å². The van der Waals surface area contributed by atoms with E-state index in [1.807, 2.05) is 0 Å². The summed E-state index contributed by atoms with van der Waals surface area (Å²) in [5.74, 6) is 1.08. The van der Waals surface area contributed by atoms with Crippen LogP contribution in [0.1, 0.15) is 64.7 Å². The molecule has 1 atom stereocenters. The second-order valence-electron chi connectivity index (χ2n) is 12.3. The molecule has 0 bridgehead atoms. The molecule has 0 amide bonds. The Morgan fingerprint density at radius 2 is 1.54 bits per heavy atom. The molecule has 3 nitrogen and oxygen atoms in total. The number of nitrogens with zero attached hydrogens (tertiary/aromatic N) is 1. The summed E-state index contributed by atoms with van der Waals surface area (Å²) < 4.78 is 26.7. The topological polar surface area (TPSA) is 21.7 Å². The Labute approximate surface area is 219 Å². The lowest BCUT2D eigenvalue weighted by Crippen LogP contribution is -2.28. The molecule has 4 heteroatoms. The normalized spacial score (nSPS) is 18.1. The first-order valence-corrected chi connectivity index (χ1v) is 13.1. The Kier molecular flexibility index (Phi) is 5.31. The van der Waals surface area contributed by atoms with E-state index in [0.29, 0.717) is 5.75 Å². The van der Waals surface area contributed by atoms with Crippen LogP contribution in [0.5, 0.6) is 11.5 Å². The van der Waals surface area contributed by atoms with Gasteiger partial charge in [0.2, 0.25) is 6.79 Å². The summed E-state index contributed by atoms with van der Waals surface area (Å²) >= 11 is 0. The zero-order valence-corrected chi connectivity index (χ0v) is 22.5. The van der Waals surface area contributed by atoms with Gasteiger partial charge in [0.15, 0.2) is 5.75 Å². The fraction of sp³-hybridized carbons (Fsp3) is 0.333. The van der Waals surface area contributed by atoms with Gasteiger partial charge in [-0.15, -0.1) is 0 Å². The van der Waals surface area contributed by atoms with Crippen LogP contribution in [0.3, 0.4) is 0 Å². The first kappa shape index (κ1) is 23.8. The summed E-state index contributed by atoms with van der Waals surface area (Å²) in [6.45, 7) is 13.5. The Bertz CT molecular complexity index is 1470. The van der Waals surface area contributed by atoms with Gasteiger partial charge in [-0.1, -0.05) is 65.8 Å². The molecule has 0 spiro atoms. The molecule has 190 valence electrons. The average Bonchev–Trinajstić information content (AvgIpc) is 3.05. The molecule has 0 unspecified atom stereocenters. The summed E-state index contributed by atoms with van der Waals surface area (Å²) in [6, 6.07) is 16.1. The number of halogens is 1. The molecule has 2 aliphatic heterocycles. The zero-order chi connectivity index (χ0) is 26.1. The molecule has 3 aliphatic rings. The number of hydrogen-bond acceptors (Lipinski definition) is 3. The average molecular weight is 496 g/mol. The minimum atomic E-state index is -0.290. The van der Waals surface area contributed by atoms with Crippen molar-refractivity contribution in [2.75, 3.05) is 11.7 Å². The van der Waals surface area contributed by atoms with Crippen molar-refractivity contribution >= 4 is 16.9 Å². The van der Waals surface area contributed by atoms with Gasteiger partial charge in [-0.2, -0.15) is 0 Å². The molecule has 1 aliphatic carbocycles. The molecule has 0 saturated heterocycles. The molecule has 0 saturated carbocycles. The lowest BCUT2D eigenvalue weighted by atomic mass is 9.84. The fourth-order valence-corrected chi connectivity index (χ4v) is 5.61. The molecule has 2 heterocycles. The maximum atomic E-state index is 14.5. The van der Waals surface area contributed by atoms with Gasteiger partial charge in [0.1, 0.15) is 11.6 Å². The minimum absolute atomic E-state index is 0.0560. The number of fused-ring (bicyclic) bond motifs is 6. The summed E-state index contributed by atoms with van der Waals surface area (Å²) in [5, 5.41) is 0. The third-order valence-electron chi connectivity index (χ3n) is 7.72. The highest BCUT2D eigenvalue weighted by molar-refractivity contribution is 5.96. The molecule has 0 aromatic heterocycles. The zero-order valence-electron chi connectivity index (χ0n) is 22.5. The maximum absolute atomic E-state index is 14.5. The Balaban J connectivity index is 1.63. The van der Waals surface area contributed by atoms with Gasteiger partial charge in [0, 0.05) is 22.4 Å². The van der Waals surface area contributed by atoms with Crippen molar-refractivity contribution in [3.8, 4) is 22.6 Å². The second-order valence-corrected chi connectivity index (χ2v) is 12.3. The van der Waals surface area contributed by atoms with E-state index in [4.69, 9.17) is 9.47 Å². The van der Waals surface area contributed by atoms with Gasteiger partial charge in [-0.25, -0.2) is 4.39 Å². The van der Waals surface area contributed by atoms with Crippen molar-refractivity contribution < 1.29 is 13.9 Å². The first-order valence-electron chi connectivity index (χ1n) is 13.1. The molecule has 0 fully saturated rings. The summed E-state index contributed by atoms with van der Waals surface area (Å²) in [7, 11) is 0. The quantitative estimate of drug-likeness (QED) is 0.337. The number of benzene rings is 3. The largest absolute Gasteiger partial charge is 0.457 e. The lowest BCUT2D eigenvalue weighted by Gasteiger charge is -2.32. The van der Waals surface area contributed by atoms with E-state index in [1.165, 1.54) is 34.0 Å². The van der Waals surface area contributed by atoms with Gasteiger partial charge in [0.25, 0.3) is 0 Å². The lowest BCUT2D eigenvalue weighted by molar-refractivity contribution is 0.125. The van der Waals surface area contributed by atoms with Crippen LogP contribution in [0.15, 0.2) is 66.8 Å². The van der Waals surface area contributed by atoms with E-state index in [2.05, 4.69) is 95.0 Å². The number of ether oxygens (including phenoxy) is 2. The van der Waals surface area contributed by atoms with Crippen LogP contribution in [-0.4, -0.2) is 12.8 Å². The molecular weight excluding hydrogens is 461 g/mol. The van der Waals surface area contributed by atoms with Crippen LogP contribution in [0.4, 0.5) is 15.8 Å². The van der Waals surface area contributed by atoms with Crippen LogP contribution in [0, 0.1) is 5.82 Å². The number of allylic oxidation sites excluding steroid dienone is 2. The number of hydrogen-bond donors (Lipinski definition) is 0. The summed E-state index contributed by atoms with van der Waals surface area (Å²) in [5.41, 5.74) is 8.79. The van der Waals surface area contributed by atoms with Crippen molar-refractivity contribution in [1.29, 1.82) is 0 Å². The smallest absolute Gasteiger partial charge is 0.231 e. The van der Waals surface area contributed by atoms with Gasteiger partial charge < -0.3 is 14.4 Å². The first-order chi connectivity index (χ1) is 17.5. The third-order valence-corrected chi connectivity index (χ3v) is 7.72. The molecular formula is C33H34FNO2. The maximum Gasteiger partial charge on any atom is 0.231 e. The fourth-order valence-electron chi connectivity index (χ4n) is 5.61. The van der Waals surface area contributed by atoms with E-state index in [9.17, 15) is 4.39 Å². The van der Waals surface area contributed by atoms with E-state index in [1.54, 1.807) is 12.1 Å².